The zero-order valence-corrected chi connectivity index (χ0v) is 22.6. The van der Waals surface area contributed by atoms with Crippen molar-refractivity contribution in [3.8, 4) is 29.2 Å². The van der Waals surface area contributed by atoms with Gasteiger partial charge in [0, 0.05) is 15.4 Å². The van der Waals surface area contributed by atoms with E-state index in [9.17, 15) is 4.79 Å². The second-order valence-electron chi connectivity index (χ2n) is 7.76. The molecule has 0 bridgehead atoms. The van der Waals surface area contributed by atoms with Crippen molar-refractivity contribution in [2.24, 2.45) is 5.10 Å². The van der Waals surface area contributed by atoms with Gasteiger partial charge < -0.3 is 13.9 Å². The number of para-hydroxylation sites is 2. The minimum absolute atomic E-state index is 0.141. The summed E-state index contributed by atoms with van der Waals surface area (Å²) >= 11 is 7.06. The number of fused-ring (bicyclic) bond motifs is 2. The lowest BCUT2D eigenvalue weighted by Crippen LogP contribution is -2.20. The molecule has 8 nitrogen and oxygen atoms in total. The predicted octanol–water partition coefficient (Wildman–Crippen LogP) is 6.52. The Kier molecular flexibility index (Phi) is 7.08. The van der Waals surface area contributed by atoms with E-state index < -0.39 is 0 Å². The molecule has 0 saturated carbocycles. The van der Waals surface area contributed by atoms with E-state index in [2.05, 4.69) is 37.0 Å². The quantitative estimate of drug-likeness (QED) is 0.192. The van der Waals surface area contributed by atoms with Crippen molar-refractivity contribution in [1.29, 1.82) is 5.26 Å². The molecule has 0 amide bonds. The molecule has 0 saturated heterocycles. The van der Waals surface area contributed by atoms with Gasteiger partial charge in [0.25, 0.3) is 5.56 Å². The van der Waals surface area contributed by atoms with E-state index in [1.54, 1.807) is 24.3 Å². The van der Waals surface area contributed by atoms with Crippen LogP contribution in [-0.2, 0) is 0 Å². The Morgan fingerprint density at radius 1 is 1.11 bits per heavy atom. The highest BCUT2D eigenvalue weighted by Gasteiger charge is 2.19. The summed E-state index contributed by atoms with van der Waals surface area (Å²) < 4.78 is 19.7. The van der Waals surface area contributed by atoms with Crippen LogP contribution in [0.25, 0.3) is 33.5 Å². The van der Waals surface area contributed by atoms with E-state index in [0.29, 0.717) is 54.9 Å². The number of furan rings is 1. The van der Waals surface area contributed by atoms with Gasteiger partial charge in [-0.25, -0.2) is 4.98 Å². The fourth-order valence-electron chi connectivity index (χ4n) is 3.80. The first-order valence-corrected chi connectivity index (χ1v) is 12.8. The number of hydrogen-bond acceptors (Lipinski definition) is 7. The van der Waals surface area contributed by atoms with Gasteiger partial charge in [0.1, 0.15) is 11.7 Å². The maximum Gasteiger partial charge on any atom is 0.282 e. The van der Waals surface area contributed by atoms with Gasteiger partial charge in [0.2, 0.25) is 5.82 Å². The first kappa shape index (κ1) is 24.7. The van der Waals surface area contributed by atoms with Gasteiger partial charge in [-0.2, -0.15) is 15.0 Å². The smallest absolute Gasteiger partial charge is 0.282 e. The minimum atomic E-state index is -0.341. The molecule has 0 aliphatic carbocycles. The lowest BCUT2D eigenvalue weighted by atomic mass is 10.2. The summed E-state index contributed by atoms with van der Waals surface area (Å²) in [6.45, 7) is 2.09. The second-order valence-corrected chi connectivity index (χ2v) is 9.35. The molecule has 5 rings (SSSR count). The van der Waals surface area contributed by atoms with Crippen LogP contribution in [0.5, 0.6) is 11.5 Å². The van der Waals surface area contributed by atoms with E-state index in [4.69, 9.17) is 24.1 Å². The van der Waals surface area contributed by atoms with E-state index in [1.807, 2.05) is 49.4 Å². The zero-order chi connectivity index (χ0) is 25.9. The fraction of sp³-hybridized carbons (Fsp3) is 0.111. The Balaban J connectivity index is 1.68. The van der Waals surface area contributed by atoms with Crippen molar-refractivity contribution in [3.63, 3.8) is 0 Å². The van der Waals surface area contributed by atoms with Crippen LogP contribution in [0.3, 0.4) is 0 Å². The Bertz CT molecular complexity index is 1740. The van der Waals surface area contributed by atoms with Gasteiger partial charge in [0.15, 0.2) is 23.9 Å². The Morgan fingerprint density at radius 3 is 2.68 bits per heavy atom. The van der Waals surface area contributed by atoms with Gasteiger partial charge in [-0.15, -0.1) is 0 Å². The average molecular weight is 622 g/mol. The van der Waals surface area contributed by atoms with E-state index in [1.165, 1.54) is 10.9 Å². The van der Waals surface area contributed by atoms with Crippen molar-refractivity contribution in [2.45, 2.75) is 6.92 Å². The normalized spacial score (nSPS) is 11.3. The summed E-state index contributed by atoms with van der Waals surface area (Å²) in [5, 5.41) is 14.8. The number of nitriles is 1. The monoisotopic (exact) mass is 620 g/mol. The van der Waals surface area contributed by atoms with Crippen LogP contribution in [0.1, 0.15) is 12.5 Å². The van der Waals surface area contributed by atoms with Crippen LogP contribution in [0.4, 0.5) is 0 Å². The first-order chi connectivity index (χ1) is 18.0. The number of rotatable bonds is 7. The average Bonchev–Trinajstić information content (AvgIpc) is 3.35. The van der Waals surface area contributed by atoms with Crippen LogP contribution in [-0.4, -0.2) is 29.1 Å². The summed E-state index contributed by atoms with van der Waals surface area (Å²) in [5.74, 6) is 1.50. The number of benzene rings is 3. The highest BCUT2D eigenvalue weighted by molar-refractivity contribution is 9.13. The molecule has 0 radical (unpaired) electrons. The van der Waals surface area contributed by atoms with Gasteiger partial charge in [-0.1, -0.05) is 30.3 Å². The summed E-state index contributed by atoms with van der Waals surface area (Å²) in [6.07, 6.45) is 1.52. The largest absolute Gasteiger partial charge is 0.490 e. The molecule has 2 heterocycles. The van der Waals surface area contributed by atoms with Crippen LogP contribution in [0, 0.1) is 11.3 Å². The number of ether oxygens (including phenoxy) is 2. The van der Waals surface area contributed by atoms with Gasteiger partial charge in [-0.3, -0.25) is 4.79 Å². The van der Waals surface area contributed by atoms with Crippen LogP contribution >= 0.6 is 31.9 Å². The van der Waals surface area contributed by atoms with Gasteiger partial charge in [-0.05, 0) is 69.1 Å². The zero-order valence-electron chi connectivity index (χ0n) is 19.4. The van der Waals surface area contributed by atoms with Crippen molar-refractivity contribution >= 4 is 59.9 Å². The maximum atomic E-state index is 13.5. The molecular weight excluding hydrogens is 604 g/mol. The van der Waals surface area contributed by atoms with Crippen LogP contribution < -0.4 is 15.0 Å². The van der Waals surface area contributed by atoms with Crippen molar-refractivity contribution in [3.05, 3.63) is 85.5 Å². The standard InChI is InChI=1S/C27H18Br2N4O4/c1-2-35-21-14-17(23(28)24(29)25(21)36-12-11-30)15-31-33-26(22-13-16-7-3-6-10-20(16)37-22)32-19-9-5-4-8-18(19)27(33)34/h3-10,13-15H,2,12H2,1H3. The molecule has 0 unspecified atom stereocenters. The van der Waals surface area contributed by atoms with E-state index >= 15 is 0 Å². The molecule has 0 aliphatic rings. The van der Waals surface area contributed by atoms with E-state index in [0.717, 1.165) is 5.39 Å². The highest BCUT2D eigenvalue weighted by atomic mass is 79.9. The fourth-order valence-corrected chi connectivity index (χ4v) is 4.74. The van der Waals surface area contributed by atoms with Crippen LogP contribution in [0.2, 0.25) is 0 Å². The molecule has 0 atom stereocenters. The van der Waals surface area contributed by atoms with E-state index in [-0.39, 0.29) is 18.0 Å². The van der Waals surface area contributed by atoms with Gasteiger partial charge >= 0.3 is 0 Å². The molecule has 3 aromatic carbocycles. The SMILES string of the molecule is CCOc1cc(C=Nn2c(-c3cc4ccccc4o3)nc3ccccc3c2=O)c(Br)c(Br)c1OCC#N. The topological polar surface area (TPSA) is 103 Å². The third kappa shape index (κ3) is 4.75. The molecule has 5 aromatic rings. The Morgan fingerprint density at radius 2 is 1.89 bits per heavy atom. The molecule has 37 heavy (non-hydrogen) atoms. The third-order valence-corrected chi connectivity index (χ3v) is 7.59. The minimum Gasteiger partial charge on any atom is -0.490 e. The Hall–Kier alpha value is -3.94. The summed E-state index contributed by atoms with van der Waals surface area (Å²) in [6, 6.07) is 20.2. The Labute approximate surface area is 228 Å². The number of nitrogens with zero attached hydrogens (tertiary/aromatic N) is 4. The molecule has 0 fully saturated rings. The molecule has 184 valence electrons. The summed E-state index contributed by atoms with van der Waals surface area (Å²) in [5.41, 5.74) is 1.48. The molecule has 0 spiro atoms. The number of aromatic nitrogens is 2. The first-order valence-electron chi connectivity index (χ1n) is 11.2. The summed E-state index contributed by atoms with van der Waals surface area (Å²) in [7, 11) is 0. The molecule has 0 N–H and O–H groups in total. The molecule has 0 aliphatic heterocycles. The predicted molar refractivity (Wildman–Crippen MR) is 148 cm³/mol. The van der Waals surface area contributed by atoms with Crippen molar-refractivity contribution in [2.75, 3.05) is 13.2 Å². The number of hydrogen-bond donors (Lipinski definition) is 0. The summed E-state index contributed by atoms with van der Waals surface area (Å²) in [4.78, 5) is 18.2. The van der Waals surface area contributed by atoms with Crippen LogP contribution in [0.15, 0.2) is 83.9 Å². The number of halogens is 2. The van der Waals surface area contributed by atoms with Crippen molar-refractivity contribution in [1.82, 2.24) is 9.66 Å². The lowest BCUT2D eigenvalue weighted by Gasteiger charge is -2.15. The molecular formula is C27H18Br2N4O4. The highest BCUT2D eigenvalue weighted by Crippen LogP contribution is 2.42. The van der Waals surface area contributed by atoms with Gasteiger partial charge in [0.05, 0.1) is 28.2 Å². The lowest BCUT2D eigenvalue weighted by molar-refractivity contribution is 0.297. The third-order valence-electron chi connectivity index (χ3n) is 5.45. The molecule has 10 heteroatoms. The van der Waals surface area contributed by atoms with Crippen molar-refractivity contribution < 1.29 is 13.9 Å². The maximum absolute atomic E-state index is 13.5. The molecule has 2 aromatic heterocycles. The second kappa shape index (κ2) is 10.6.